The Morgan fingerprint density at radius 2 is 0.786 bits per heavy atom. The Bertz CT molecular complexity index is 107. The molecule has 0 aliphatic heterocycles. The van der Waals surface area contributed by atoms with Crippen molar-refractivity contribution in [3.8, 4) is 0 Å². The molecule has 0 spiro atoms. The topological polar surface area (TPSA) is 13.0 Å². The molecule has 4 nitrogen and oxygen atoms in total. The second-order valence-electron chi connectivity index (χ2n) is 4.58. The molecular weight excluding hydrogens is 206 g/mol. The molecule has 0 unspecified atom stereocenters. The average Bonchev–Trinajstić information content (AvgIpc) is 1.80. The van der Waals surface area contributed by atoms with E-state index in [2.05, 4.69) is 71.9 Å². The van der Waals surface area contributed by atoms with Crippen molar-refractivity contribution in [3.05, 3.63) is 0 Å². The predicted octanol–water partition coefficient (Wildman–Crippen LogP) is -1.25. The first-order valence-electron chi connectivity index (χ1n) is 4.80. The molecule has 0 atom stereocenters. The zero-order valence-corrected chi connectivity index (χ0v) is 14.5. The van der Waals surface area contributed by atoms with Gasteiger partial charge in [0.2, 0.25) is 0 Å². The van der Waals surface area contributed by atoms with Crippen LogP contribution in [0.25, 0.3) is 0 Å². The molecule has 0 aromatic carbocycles. The van der Waals surface area contributed by atoms with Crippen LogP contribution in [0.1, 0.15) is 0 Å². The zero-order valence-electron chi connectivity index (χ0n) is 11.4. The monoisotopic (exact) mass is 232 g/mol. The summed E-state index contributed by atoms with van der Waals surface area (Å²) in [4.78, 5) is 0. The van der Waals surface area contributed by atoms with E-state index < -0.39 is 14.8 Å². The van der Waals surface area contributed by atoms with Crippen molar-refractivity contribution in [3.63, 3.8) is 0 Å². The molecule has 0 saturated carbocycles. The Hall–Kier alpha value is 0.905. The van der Waals surface area contributed by atoms with E-state index in [1.807, 2.05) is 0 Å². The van der Waals surface area contributed by atoms with Crippen LogP contribution in [0.2, 0.25) is 0 Å². The number of hydrogen-bond acceptors (Lipinski definition) is 4. The Kier molecular flexibility index (Phi) is 11.3. The first kappa shape index (κ1) is 17.3. The van der Waals surface area contributed by atoms with Crippen LogP contribution in [0.5, 0.6) is 0 Å². The summed E-state index contributed by atoms with van der Waals surface area (Å²) in [7, 11) is 16.9. The molecule has 0 saturated heterocycles. The van der Waals surface area contributed by atoms with E-state index in [1.165, 1.54) is 16.5 Å². The van der Waals surface area contributed by atoms with Crippen LogP contribution in [0, 0.1) is 0 Å². The lowest BCUT2D eigenvalue weighted by Gasteiger charge is -2.29. The van der Waals surface area contributed by atoms with Gasteiger partial charge in [-0.1, -0.05) is 0 Å². The second kappa shape index (κ2) is 9.15. The van der Waals surface area contributed by atoms with Gasteiger partial charge >= 0.3 is 31.3 Å². The van der Waals surface area contributed by atoms with Crippen LogP contribution < -0.4 is 0 Å². The predicted molar refractivity (Wildman–Crippen MR) is 69.0 cm³/mol. The van der Waals surface area contributed by atoms with Crippen LogP contribution >= 0.6 is 0 Å². The molecule has 0 amide bonds. The van der Waals surface area contributed by atoms with E-state index in [9.17, 15) is 0 Å². The second-order valence-corrected chi connectivity index (χ2v) is 10.2. The highest BCUT2D eigenvalue weighted by atomic mass is 27.2. The fourth-order valence-electron chi connectivity index (χ4n) is 1.39. The molecule has 0 bridgehead atoms. The molecule has 0 aliphatic carbocycles. The maximum atomic E-state index is 2.31. The van der Waals surface area contributed by atoms with Gasteiger partial charge in [-0.3, -0.25) is 0 Å². The van der Waals surface area contributed by atoms with Crippen LogP contribution in [0.3, 0.4) is 0 Å². The molecular formula is C8H26Al2N4. The van der Waals surface area contributed by atoms with Gasteiger partial charge in [0, 0.05) is 0 Å². The van der Waals surface area contributed by atoms with Crippen molar-refractivity contribution in [1.82, 2.24) is 15.5 Å². The molecule has 0 rings (SSSR count). The minimum absolute atomic E-state index is 0.954. The molecule has 0 aromatic heterocycles. The van der Waals surface area contributed by atoms with E-state index in [-0.39, 0.29) is 0 Å². The van der Waals surface area contributed by atoms with Crippen LogP contribution in [-0.2, 0) is 0 Å². The van der Waals surface area contributed by atoms with Gasteiger partial charge in [0.25, 0.3) is 0 Å². The zero-order chi connectivity index (χ0) is 11.9. The summed E-state index contributed by atoms with van der Waals surface area (Å²) in [5.41, 5.74) is 0. The SMILES string of the molecule is C[N](C)[AlH2].C[N](C)[Al]([N](C)C)[N](C)C. The Morgan fingerprint density at radius 3 is 0.786 bits per heavy atom. The summed E-state index contributed by atoms with van der Waals surface area (Å²) in [5.74, 6) is 0. The summed E-state index contributed by atoms with van der Waals surface area (Å²) in [5, 5.41) is 0. The lowest BCUT2D eigenvalue weighted by molar-refractivity contribution is 0.420. The summed E-state index contributed by atoms with van der Waals surface area (Å²) in [6, 6.07) is 0. The van der Waals surface area contributed by atoms with Gasteiger partial charge in [0.15, 0.2) is 0 Å². The summed E-state index contributed by atoms with van der Waals surface area (Å²) < 4.78 is 9.06. The van der Waals surface area contributed by atoms with Crippen LogP contribution in [-0.4, -0.2) is 103 Å². The van der Waals surface area contributed by atoms with Crippen molar-refractivity contribution in [2.45, 2.75) is 0 Å². The van der Waals surface area contributed by atoms with Gasteiger partial charge in [0.05, 0.1) is 0 Å². The number of hydrogen-bond donors (Lipinski definition) is 0. The lowest BCUT2D eigenvalue weighted by atomic mass is 11.2. The fraction of sp³-hybridized carbons (Fsp3) is 1.00. The molecule has 0 heterocycles. The minimum Gasteiger partial charge on any atom is -0.396 e. The van der Waals surface area contributed by atoms with E-state index in [0.717, 1.165) is 0 Å². The van der Waals surface area contributed by atoms with Crippen molar-refractivity contribution < 1.29 is 0 Å². The van der Waals surface area contributed by atoms with Crippen LogP contribution in [0.15, 0.2) is 0 Å². The van der Waals surface area contributed by atoms with Gasteiger partial charge in [-0.05, 0) is 56.4 Å². The van der Waals surface area contributed by atoms with Gasteiger partial charge < -0.3 is 15.5 Å². The fourth-order valence-corrected chi connectivity index (χ4v) is 4.16. The Balaban J connectivity index is 0. The van der Waals surface area contributed by atoms with Gasteiger partial charge in [-0.15, -0.1) is 0 Å². The molecule has 6 heteroatoms. The molecule has 0 radical (unpaired) electrons. The average molecular weight is 232 g/mol. The molecule has 0 fully saturated rings. The van der Waals surface area contributed by atoms with Crippen LogP contribution in [0.4, 0.5) is 0 Å². The maximum Gasteiger partial charge on any atom is 0.607 e. The highest BCUT2D eigenvalue weighted by molar-refractivity contribution is 6.49. The normalized spacial score (nSPS) is 10.9. The standard InChI is InChI=1S/4C2H6N.2Al.2H/c4*1-3-2;;;;/h4*1-2H3;;;;/q4*-1;+1;+3;;. The summed E-state index contributed by atoms with van der Waals surface area (Å²) in [6.45, 7) is 0. The molecule has 0 N–H and O–H groups in total. The summed E-state index contributed by atoms with van der Waals surface area (Å²) >= 11 is 0.228. The maximum absolute atomic E-state index is 2.31. The number of rotatable bonds is 3. The van der Waals surface area contributed by atoms with E-state index in [1.54, 1.807) is 0 Å². The number of nitrogens with zero attached hydrogens (tertiary/aromatic N) is 4. The first-order valence-corrected chi connectivity index (χ1v) is 7.24. The third-order valence-corrected chi connectivity index (χ3v) is 4.16. The molecule has 84 valence electrons. The Labute approximate surface area is 103 Å². The van der Waals surface area contributed by atoms with E-state index in [4.69, 9.17) is 0 Å². The third kappa shape index (κ3) is 11.0. The van der Waals surface area contributed by atoms with E-state index in [0.29, 0.717) is 0 Å². The highest BCUT2D eigenvalue weighted by Crippen LogP contribution is 1.93. The van der Waals surface area contributed by atoms with Crippen molar-refractivity contribution in [2.75, 3.05) is 56.4 Å². The quantitative estimate of drug-likeness (QED) is 0.564. The van der Waals surface area contributed by atoms with Gasteiger partial charge in [-0.25, -0.2) is 0 Å². The first-order chi connectivity index (χ1) is 6.20. The van der Waals surface area contributed by atoms with Gasteiger partial charge in [-0.2, -0.15) is 0 Å². The smallest absolute Gasteiger partial charge is 0.396 e. The molecule has 14 heavy (non-hydrogen) atoms. The van der Waals surface area contributed by atoms with Gasteiger partial charge in [0.1, 0.15) is 0 Å². The van der Waals surface area contributed by atoms with Crippen molar-refractivity contribution in [2.24, 2.45) is 0 Å². The minimum atomic E-state index is -0.954. The third-order valence-electron chi connectivity index (χ3n) is 1.39. The molecule has 0 aromatic rings. The Morgan fingerprint density at radius 1 is 0.643 bits per heavy atom. The highest BCUT2D eigenvalue weighted by Gasteiger charge is 2.29. The van der Waals surface area contributed by atoms with Crippen molar-refractivity contribution >= 4 is 31.3 Å². The van der Waals surface area contributed by atoms with E-state index >= 15 is 0 Å². The molecule has 0 aliphatic rings. The largest absolute Gasteiger partial charge is 0.607 e. The summed E-state index contributed by atoms with van der Waals surface area (Å²) in [6.07, 6.45) is 0. The van der Waals surface area contributed by atoms with Crippen molar-refractivity contribution in [1.29, 1.82) is 0 Å². The lowest BCUT2D eigenvalue weighted by Crippen LogP contribution is -2.55.